The monoisotopic (exact) mass is 393 g/mol. The zero-order valence-corrected chi connectivity index (χ0v) is 16.5. The lowest BCUT2D eigenvalue weighted by atomic mass is 10.2. The molecule has 9 nitrogen and oxygen atoms in total. The minimum Gasteiger partial charge on any atom is -0.481 e. The van der Waals surface area contributed by atoms with Crippen LogP contribution in [-0.2, 0) is 4.79 Å². The summed E-state index contributed by atoms with van der Waals surface area (Å²) in [5.41, 5.74) is 1.10. The maximum Gasteiger partial charge on any atom is 0.263 e. The Morgan fingerprint density at radius 2 is 1.86 bits per heavy atom. The number of carbonyl (C=O) groups is 1. The topological polar surface area (TPSA) is 89.3 Å². The van der Waals surface area contributed by atoms with Crippen LogP contribution >= 0.6 is 0 Å². The fourth-order valence-corrected chi connectivity index (χ4v) is 3.32. The van der Waals surface area contributed by atoms with Crippen LogP contribution in [-0.4, -0.2) is 67.8 Å². The zero-order valence-electron chi connectivity index (χ0n) is 16.5. The number of ether oxygens (including phenoxy) is 1. The van der Waals surface area contributed by atoms with Crippen LogP contribution in [0.25, 0.3) is 5.82 Å². The third kappa shape index (κ3) is 4.34. The first-order valence-corrected chi connectivity index (χ1v) is 9.54. The molecule has 0 spiro atoms. The fraction of sp³-hybridized carbons (Fsp3) is 0.350. The summed E-state index contributed by atoms with van der Waals surface area (Å²) in [6, 6.07) is 9.60. The smallest absolute Gasteiger partial charge is 0.263 e. The van der Waals surface area contributed by atoms with Gasteiger partial charge in [-0.15, -0.1) is 0 Å². The molecule has 1 aliphatic rings. The van der Waals surface area contributed by atoms with Gasteiger partial charge in [0.1, 0.15) is 30.5 Å². The third-order valence-electron chi connectivity index (χ3n) is 4.86. The van der Waals surface area contributed by atoms with Gasteiger partial charge in [0.15, 0.2) is 11.9 Å². The SMILES string of the molecule is Cc1cccc(O[C@@H](C)C(=O)N2CCN(c3cc(-n4cncn4)ncn3)CC2)c1. The van der Waals surface area contributed by atoms with Crippen molar-refractivity contribution >= 4 is 11.7 Å². The fourth-order valence-electron chi connectivity index (χ4n) is 3.32. The Kier molecular flexibility index (Phi) is 5.37. The van der Waals surface area contributed by atoms with E-state index < -0.39 is 6.10 Å². The third-order valence-corrected chi connectivity index (χ3v) is 4.86. The van der Waals surface area contributed by atoms with Gasteiger partial charge in [0.25, 0.3) is 5.91 Å². The van der Waals surface area contributed by atoms with E-state index in [2.05, 4.69) is 25.0 Å². The molecular formula is C20H23N7O2. The predicted octanol–water partition coefficient (Wildman–Crippen LogP) is 1.48. The molecule has 3 aromatic rings. The van der Waals surface area contributed by atoms with Crippen molar-refractivity contribution < 1.29 is 9.53 Å². The molecule has 4 rings (SSSR count). The van der Waals surface area contributed by atoms with E-state index in [1.165, 1.54) is 12.7 Å². The van der Waals surface area contributed by atoms with Crippen LogP contribution in [0.15, 0.2) is 49.3 Å². The second-order valence-corrected chi connectivity index (χ2v) is 6.96. The van der Waals surface area contributed by atoms with Crippen molar-refractivity contribution in [3.63, 3.8) is 0 Å². The largest absolute Gasteiger partial charge is 0.481 e. The van der Waals surface area contributed by atoms with Crippen molar-refractivity contribution in [2.24, 2.45) is 0 Å². The van der Waals surface area contributed by atoms with E-state index in [1.54, 1.807) is 17.9 Å². The van der Waals surface area contributed by atoms with E-state index in [4.69, 9.17) is 4.74 Å². The number of aryl methyl sites for hydroxylation is 1. The van der Waals surface area contributed by atoms with Gasteiger partial charge in [-0.3, -0.25) is 4.79 Å². The highest BCUT2D eigenvalue weighted by Gasteiger charge is 2.26. The highest BCUT2D eigenvalue weighted by molar-refractivity contribution is 5.81. The Labute approximate surface area is 169 Å². The predicted molar refractivity (Wildman–Crippen MR) is 107 cm³/mol. The Morgan fingerprint density at radius 3 is 2.59 bits per heavy atom. The molecular weight excluding hydrogens is 370 g/mol. The molecule has 150 valence electrons. The van der Waals surface area contributed by atoms with Crippen LogP contribution in [0, 0.1) is 6.92 Å². The van der Waals surface area contributed by atoms with Crippen LogP contribution in [0.4, 0.5) is 5.82 Å². The lowest BCUT2D eigenvalue weighted by Gasteiger charge is -2.36. The lowest BCUT2D eigenvalue weighted by molar-refractivity contribution is -0.138. The van der Waals surface area contributed by atoms with Crippen molar-refractivity contribution in [2.45, 2.75) is 20.0 Å². The number of benzene rings is 1. The minimum absolute atomic E-state index is 0.00264. The average Bonchev–Trinajstić information content (AvgIpc) is 3.28. The van der Waals surface area contributed by atoms with Crippen LogP contribution in [0.3, 0.4) is 0 Å². The number of carbonyl (C=O) groups excluding carboxylic acids is 1. The minimum atomic E-state index is -0.527. The van der Waals surface area contributed by atoms with Crippen LogP contribution < -0.4 is 9.64 Å². The number of amides is 1. The number of hydrogen-bond acceptors (Lipinski definition) is 7. The standard InChI is InChI=1S/C20H23N7O2/c1-15-4-3-5-17(10-15)29-16(2)20(28)26-8-6-25(7-9-26)18-11-19(23-13-22-18)27-14-21-12-24-27/h3-5,10-14,16H,6-9H2,1-2H3/t16-/m0/s1. The maximum absolute atomic E-state index is 12.8. The van der Waals surface area contributed by atoms with Gasteiger partial charge in [0.2, 0.25) is 0 Å². The lowest BCUT2D eigenvalue weighted by Crippen LogP contribution is -2.52. The van der Waals surface area contributed by atoms with Crippen LogP contribution in [0.5, 0.6) is 5.75 Å². The van der Waals surface area contributed by atoms with Crippen molar-refractivity contribution in [2.75, 3.05) is 31.1 Å². The van der Waals surface area contributed by atoms with Crippen molar-refractivity contribution in [1.29, 1.82) is 0 Å². The number of hydrogen-bond donors (Lipinski definition) is 0. The molecule has 0 aliphatic carbocycles. The molecule has 29 heavy (non-hydrogen) atoms. The van der Waals surface area contributed by atoms with E-state index >= 15 is 0 Å². The molecule has 0 radical (unpaired) electrons. The normalized spacial score (nSPS) is 15.2. The van der Waals surface area contributed by atoms with Gasteiger partial charge in [0, 0.05) is 32.2 Å². The Balaban J connectivity index is 1.35. The van der Waals surface area contributed by atoms with E-state index in [0.717, 1.165) is 11.4 Å². The van der Waals surface area contributed by atoms with E-state index in [9.17, 15) is 4.79 Å². The Morgan fingerprint density at radius 1 is 1.07 bits per heavy atom. The summed E-state index contributed by atoms with van der Waals surface area (Å²) in [6.45, 7) is 6.41. The van der Waals surface area contributed by atoms with Gasteiger partial charge in [-0.2, -0.15) is 5.10 Å². The molecule has 2 aromatic heterocycles. The number of rotatable bonds is 5. The second kappa shape index (κ2) is 8.26. The molecule has 0 saturated carbocycles. The molecule has 0 unspecified atom stereocenters. The summed E-state index contributed by atoms with van der Waals surface area (Å²) in [6.07, 6.45) is 4.05. The van der Waals surface area contributed by atoms with Crippen LogP contribution in [0.1, 0.15) is 12.5 Å². The van der Waals surface area contributed by atoms with Crippen LogP contribution in [0.2, 0.25) is 0 Å². The molecule has 0 N–H and O–H groups in total. The highest BCUT2D eigenvalue weighted by Crippen LogP contribution is 2.18. The molecule has 1 atom stereocenters. The molecule has 1 amide bonds. The van der Waals surface area contributed by atoms with E-state index in [-0.39, 0.29) is 5.91 Å². The quantitative estimate of drug-likeness (QED) is 0.649. The summed E-state index contributed by atoms with van der Waals surface area (Å²) < 4.78 is 7.43. The summed E-state index contributed by atoms with van der Waals surface area (Å²) in [5.74, 6) is 2.18. The molecule has 1 aliphatic heterocycles. The first-order chi connectivity index (χ1) is 14.1. The highest BCUT2D eigenvalue weighted by atomic mass is 16.5. The molecule has 0 bridgehead atoms. The maximum atomic E-state index is 12.8. The van der Waals surface area contributed by atoms with Crippen molar-refractivity contribution in [1.82, 2.24) is 29.6 Å². The van der Waals surface area contributed by atoms with Gasteiger partial charge in [0.05, 0.1) is 0 Å². The number of aromatic nitrogens is 5. The molecule has 9 heteroatoms. The van der Waals surface area contributed by atoms with Crippen molar-refractivity contribution in [3.05, 3.63) is 54.9 Å². The number of piperazine rings is 1. The van der Waals surface area contributed by atoms with Gasteiger partial charge >= 0.3 is 0 Å². The van der Waals surface area contributed by atoms with Gasteiger partial charge < -0.3 is 14.5 Å². The molecule has 1 fully saturated rings. The van der Waals surface area contributed by atoms with E-state index in [0.29, 0.717) is 37.7 Å². The molecule has 1 saturated heterocycles. The number of nitrogens with zero attached hydrogens (tertiary/aromatic N) is 7. The summed E-state index contributed by atoms with van der Waals surface area (Å²) in [5, 5.41) is 4.10. The Bertz CT molecular complexity index is 968. The summed E-state index contributed by atoms with van der Waals surface area (Å²) in [4.78, 5) is 29.3. The Hall–Kier alpha value is -3.49. The van der Waals surface area contributed by atoms with Gasteiger partial charge in [-0.05, 0) is 31.5 Å². The second-order valence-electron chi connectivity index (χ2n) is 6.96. The molecule has 3 heterocycles. The summed E-state index contributed by atoms with van der Waals surface area (Å²) in [7, 11) is 0. The zero-order chi connectivity index (χ0) is 20.2. The number of anilines is 1. The van der Waals surface area contributed by atoms with E-state index in [1.807, 2.05) is 42.2 Å². The van der Waals surface area contributed by atoms with Gasteiger partial charge in [-0.25, -0.2) is 19.6 Å². The summed E-state index contributed by atoms with van der Waals surface area (Å²) >= 11 is 0. The van der Waals surface area contributed by atoms with Crippen molar-refractivity contribution in [3.8, 4) is 11.6 Å². The van der Waals surface area contributed by atoms with Gasteiger partial charge in [-0.1, -0.05) is 12.1 Å². The first kappa shape index (κ1) is 18.9. The average molecular weight is 393 g/mol. The molecule has 1 aromatic carbocycles. The first-order valence-electron chi connectivity index (χ1n) is 9.54.